The van der Waals surface area contributed by atoms with Crippen LogP contribution in [0.5, 0.6) is 0 Å². The van der Waals surface area contributed by atoms with Gasteiger partial charge in [0, 0.05) is 18.7 Å². The number of nitrogens with zero attached hydrogens (tertiary/aromatic N) is 1. The summed E-state index contributed by atoms with van der Waals surface area (Å²) < 4.78 is 27.2. The number of hydrogen-bond acceptors (Lipinski definition) is 3. The first-order chi connectivity index (χ1) is 13.8. The van der Waals surface area contributed by atoms with Crippen LogP contribution in [0.15, 0.2) is 47.4 Å². The molecular formula is C23H28N2O3S. The Morgan fingerprint density at radius 1 is 1.03 bits per heavy atom. The number of aryl methyl sites for hydroxylation is 2. The Labute approximate surface area is 173 Å². The van der Waals surface area contributed by atoms with Crippen LogP contribution in [-0.2, 0) is 10.0 Å². The zero-order valence-corrected chi connectivity index (χ0v) is 18.0. The molecule has 0 radical (unpaired) electrons. The molecule has 2 bridgehead atoms. The molecule has 0 spiro atoms. The number of benzene rings is 2. The van der Waals surface area contributed by atoms with E-state index in [9.17, 15) is 13.2 Å². The van der Waals surface area contributed by atoms with Gasteiger partial charge in [-0.05, 0) is 80.8 Å². The van der Waals surface area contributed by atoms with Gasteiger partial charge in [-0.25, -0.2) is 8.42 Å². The van der Waals surface area contributed by atoms with Gasteiger partial charge in [-0.2, -0.15) is 0 Å². The molecule has 0 saturated heterocycles. The van der Waals surface area contributed by atoms with Gasteiger partial charge >= 0.3 is 0 Å². The maximum Gasteiger partial charge on any atom is 0.264 e. The highest BCUT2D eigenvalue weighted by Gasteiger charge is 2.40. The Morgan fingerprint density at radius 3 is 2.34 bits per heavy atom. The fourth-order valence-electron chi connectivity index (χ4n) is 4.82. The lowest BCUT2D eigenvalue weighted by Crippen LogP contribution is -2.38. The predicted molar refractivity (Wildman–Crippen MR) is 115 cm³/mol. The van der Waals surface area contributed by atoms with E-state index < -0.39 is 10.0 Å². The van der Waals surface area contributed by atoms with Crippen molar-refractivity contribution < 1.29 is 13.2 Å². The van der Waals surface area contributed by atoms with Crippen LogP contribution >= 0.6 is 0 Å². The molecule has 154 valence electrons. The second-order valence-corrected chi connectivity index (χ2v) is 10.5. The van der Waals surface area contributed by atoms with E-state index in [0.29, 0.717) is 17.2 Å². The van der Waals surface area contributed by atoms with Gasteiger partial charge < -0.3 is 5.32 Å². The first kappa shape index (κ1) is 20.0. The van der Waals surface area contributed by atoms with E-state index >= 15 is 0 Å². The predicted octanol–water partition coefficient (Wildman–Crippen LogP) is 4.05. The molecule has 2 aromatic carbocycles. The highest BCUT2D eigenvalue weighted by atomic mass is 32.2. The summed E-state index contributed by atoms with van der Waals surface area (Å²) in [6.07, 6.45) is 4.84. The summed E-state index contributed by atoms with van der Waals surface area (Å²) in [5, 5.41) is 3.19. The average Bonchev–Trinajstić information content (AvgIpc) is 3.31. The lowest BCUT2D eigenvalue weighted by molar-refractivity contribution is 0.0923. The number of fused-ring (bicyclic) bond motifs is 2. The maximum absolute atomic E-state index is 13.0. The molecule has 2 aromatic rings. The lowest BCUT2D eigenvalue weighted by atomic mass is 9.95. The Hall–Kier alpha value is -2.34. The average molecular weight is 413 g/mol. The minimum Gasteiger partial charge on any atom is -0.349 e. The lowest BCUT2D eigenvalue weighted by Gasteiger charge is -2.24. The van der Waals surface area contributed by atoms with Crippen LogP contribution in [-0.4, -0.2) is 27.4 Å². The highest BCUT2D eigenvalue weighted by Crippen LogP contribution is 2.44. The second kappa shape index (κ2) is 7.48. The van der Waals surface area contributed by atoms with Crippen molar-refractivity contribution in [3.63, 3.8) is 0 Å². The minimum atomic E-state index is -3.66. The zero-order chi connectivity index (χ0) is 20.8. The van der Waals surface area contributed by atoms with E-state index in [0.717, 1.165) is 23.5 Å². The molecule has 29 heavy (non-hydrogen) atoms. The van der Waals surface area contributed by atoms with Crippen molar-refractivity contribution in [3.8, 4) is 0 Å². The molecule has 2 aliphatic carbocycles. The van der Waals surface area contributed by atoms with E-state index in [1.54, 1.807) is 49.5 Å². The van der Waals surface area contributed by atoms with Crippen molar-refractivity contribution in [1.82, 2.24) is 5.32 Å². The van der Waals surface area contributed by atoms with Crippen LogP contribution in [0.25, 0.3) is 0 Å². The molecular weight excluding hydrogens is 384 g/mol. The van der Waals surface area contributed by atoms with Crippen molar-refractivity contribution in [1.29, 1.82) is 0 Å². The molecule has 5 nitrogen and oxygen atoms in total. The number of carbonyl (C=O) groups excluding carboxylic acids is 1. The SMILES string of the molecule is Cc1ccc(S(=O)(=O)N(C)c2ccc(C(=O)N[C@H]3C[C@H]4CC[C@H]3C4)cc2C)cc1. The summed E-state index contributed by atoms with van der Waals surface area (Å²) in [6.45, 7) is 3.76. The number of sulfonamides is 1. The van der Waals surface area contributed by atoms with Gasteiger partial charge in [0.25, 0.3) is 15.9 Å². The topological polar surface area (TPSA) is 66.5 Å². The van der Waals surface area contributed by atoms with Gasteiger partial charge in [-0.3, -0.25) is 9.10 Å². The summed E-state index contributed by atoms with van der Waals surface area (Å²) in [6, 6.07) is 12.3. The Kier molecular flexibility index (Phi) is 5.15. The molecule has 0 heterocycles. The van der Waals surface area contributed by atoms with E-state index in [1.165, 1.54) is 23.6 Å². The van der Waals surface area contributed by atoms with Crippen LogP contribution in [0.1, 0.15) is 47.2 Å². The van der Waals surface area contributed by atoms with Gasteiger partial charge in [-0.1, -0.05) is 24.1 Å². The first-order valence-corrected chi connectivity index (χ1v) is 11.7. The third-order valence-corrected chi connectivity index (χ3v) is 8.32. The number of anilines is 1. The highest BCUT2D eigenvalue weighted by molar-refractivity contribution is 7.92. The van der Waals surface area contributed by atoms with E-state index in [-0.39, 0.29) is 16.8 Å². The van der Waals surface area contributed by atoms with Gasteiger partial charge in [0.2, 0.25) is 0 Å². The van der Waals surface area contributed by atoms with Crippen LogP contribution in [0.3, 0.4) is 0 Å². The van der Waals surface area contributed by atoms with E-state index in [4.69, 9.17) is 0 Å². The summed E-state index contributed by atoms with van der Waals surface area (Å²) in [7, 11) is -2.11. The van der Waals surface area contributed by atoms with Crippen LogP contribution in [0.4, 0.5) is 5.69 Å². The van der Waals surface area contributed by atoms with Crippen molar-refractivity contribution in [2.24, 2.45) is 11.8 Å². The van der Waals surface area contributed by atoms with Crippen molar-refractivity contribution in [3.05, 3.63) is 59.2 Å². The van der Waals surface area contributed by atoms with E-state index in [2.05, 4.69) is 5.32 Å². The van der Waals surface area contributed by atoms with Gasteiger partial charge in [-0.15, -0.1) is 0 Å². The third-order valence-electron chi connectivity index (χ3n) is 6.53. The monoisotopic (exact) mass is 412 g/mol. The summed E-state index contributed by atoms with van der Waals surface area (Å²) >= 11 is 0. The molecule has 4 rings (SSSR count). The number of nitrogens with one attached hydrogen (secondary N) is 1. The Morgan fingerprint density at radius 2 is 1.76 bits per heavy atom. The number of carbonyl (C=O) groups is 1. The van der Waals surface area contributed by atoms with Crippen molar-refractivity contribution >= 4 is 21.6 Å². The van der Waals surface area contributed by atoms with Crippen LogP contribution in [0, 0.1) is 25.7 Å². The molecule has 2 saturated carbocycles. The number of rotatable bonds is 5. The first-order valence-electron chi connectivity index (χ1n) is 10.2. The Balaban J connectivity index is 1.52. The molecule has 1 N–H and O–H groups in total. The zero-order valence-electron chi connectivity index (χ0n) is 17.2. The quantitative estimate of drug-likeness (QED) is 0.806. The number of hydrogen-bond donors (Lipinski definition) is 1. The van der Waals surface area contributed by atoms with Gasteiger partial charge in [0.15, 0.2) is 0 Å². The summed E-state index contributed by atoms with van der Waals surface area (Å²) in [4.78, 5) is 13.0. The molecule has 2 aliphatic rings. The van der Waals surface area contributed by atoms with Gasteiger partial charge in [0.1, 0.15) is 0 Å². The molecule has 2 fully saturated rings. The third kappa shape index (κ3) is 3.78. The van der Waals surface area contributed by atoms with Crippen molar-refractivity contribution in [2.75, 3.05) is 11.4 Å². The maximum atomic E-state index is 13.0. The van der Waals surface area contributed by atoms with Gasteiger partial charge in [0.05, 0.1) is 10.6 Å². The van der Waals surface area contributed by atoms with E-state index in [1.807, 2.05) is 13.8 Å². The van der Waals surface area contributed by atoms with Crippen molar-refractivity contribution in [2.45, 2.75) is 50.5 Å². The largest absolute Gasteiger partial charge is 0.349 e. The summed E-state index contributed by atoms with van der Waals surface area (Å²) in [5.41, 5.74) is 2.91. The van der Waals surface area contributed by atoms with Crippen LogP contribution < -0.4 is 9.62 Å². The molecule has 3 atom stereocenters. The molecule has 6 heteroatoms. The normalized spacial score (nSPS) is 23.2. The second-order valence-electron chi connectivity index (χ2n) is 8.54. The fourth-order valence-corrected chi connectivity index (χ4v) is 6.08. The molecule has 0 unspecified atom stereocenters. The fraction of sp³-hybridized carbons (Fsp3) is 0.435. The molecule has 1 amide bonds. The summed E-state index contributed by atoms with van der Waals surface area (Å²) in [5.74, 6) is 1.33. The minimum absolute atomic E-state index is 0.0683. The standard InChI is InChI=1S/C23H28N2O3S/c1-15-4-9-20(10-5-15)29(27,28)25(3)22-11-8-19(12-16(22)2)23(26)24-21-14-17-6-7-18(21)13-17/h4-5,8-12,17-18,21H,6-7,13-14H2,1-3H3,(H,24,26)/t17-,18-,21-/m0/s1. The molecule has 0 aromatic heterocycles. The van der Waals surface area contributed by atoms with Crippen LogP contribution in [0.2, 0.25) is 0 Å². The Bertz CT molecular complexity index is 1030. The molecule has 0 aliphatic heterocycles. The number of amides is 1. The smallest absolute Gasteiger partial charge is 0.264 e.